The normalized spacial score (nSPS) is 12.2. The summed E-state index contributed by atoms with van der Waals surface area (Å²) in [6.45, 7) is 1.79. The van der Waals surface area contributed by atoms with Gasteiger partial charge in [0.25, 0.3) is 5.89 Å². The van der Waals surface area contributed by atoms with Gasteiger partial charge >= 0.3 is 0 Å². The maximum Gasteiger partial charge on any atom is 0.265 e. The molecule has 0 aliphatic rings. The van der Waals surface area contributed by atoms with Crippen molar-refractivity contribution in [2.45, 2.75) is 13.0 Å². The number of rotatable bonds is 4. The lowest BCUT2D eigenvalue weighted by atomic mass is 10.1. The van der Waals surface area contributed by atoms with E-state index in [1.807, 2.05) is 6.07 Å². The van der Waals surface area contributed by atoms with Crippen molar-refractivity contribution < 1.29 is 14.0 Å². The molecule has 0 saturated heterocycles. The zero-order valence-electron chi connectivity index (χ0n) is 10.5. The van der Waals surface area contributed by atoms with E-state index in [1.54, 1.807) is 33.3 Å². The molecule has 1 aromatic heterocycles. The van der Waals surface area contributed by atoms with Gasteiger partial charge in [-0.2, -0.15) is 4.98 Å². The quantitative estimate of drug-likeness (QED) is 0.889. The Balaban J connectivity index is 2.54. The molecule has 6 nitrogen and oxygen atoms in total. The molecule has 0 radical (unpaired) electrons. The summed E-state index contributed by atoms with van der Waals surface area (Å²) in [5, 5.41) is 3.82. The summed E-state index contributed by atoms with van der Waals surface area (Å²) in [4.78, 5) is 4.23. The van der Waals surface area contributed by atoms with Crippen LogP contribution >= 0.6 is 0 Å². The molecule has 0 saturated carbocycles. The first-order valence-electron chi connectivity index (χ1n) is 5.48. The van der Waals surface area contributed by atoms with E-state index >= 15 is 0 Å². The summed E-state index contributed by atoms with van der Waals surface area (Å²) in [5.74, 6) is 1.98. The van der Waals surface area contributed by atoms with Gasteiger partial charge in [0.1, 0.15) is 17.1 Å². The Morgan fingerprint density at radius 1 is 1.22 bits per heavy atom. The average molecular weight is 249 g/mol. The third kappa shape index (κ3) is 2.14. The van der Waals surface area contributed by atoms with E-state index in [0.29, 0.717) is 28.8 Å². The van der Waals surface area contributed by atoms with Crippen molar-refractivity contribution in [1.82, 2.24) is 10.1 Å². The highest BCUT2D eigenvalue weighted by Crippen LogP contribution is 2.37. The van der Waals surface area contributed by atoms with E-state index in [9.17, 15) is 0 Å². The smallest absolute Gasteiger partial charge is 0.265 e. The fourth-order valence-electron chi connectivity index (χ4n) is 1.58. The zero-order valence-corrected chi connectivity index (χ0v) is 10.5. The first-order chi connectivity index (χ1) is 8.67. The van der Waals surface area contributed by atoms with Crippen molar-refractivity contribution in [3.8, 4) is 23.0 Å². The molecule has 0 aliphatic carbocycles. The monoisotopic (exact) mass is 249 g/mol. The largest absolute Gasteiger partial charge is 0.496 e. The van der Waals surface area contributed by atoms with Gasteiger partial charge in [0.05, 0.1) is 20.3 Å². The van der Waals surface area contributed by atoms with Gasteiger partial charge in [-0.3, -0.25) is 0 Å². The van der Waals surface area contributed by atoms with Crippen LogP contribution in [0.5, 0.6) is 11.5 Å². The second kappa shape index (κ2) is 5.05. The minimum Gasteiger partial charge on any atom is -0.496 e. The van der Waals surface area contributed by atoms with Crippen LogP contribution in [0.1, 0.15) is 18.8 Å². The van der Waals surface area contributed by atoms with Crippen LogP contribution in [0.4, 0.5) is 0 Å². The fraction of sp³-hybridized carbons (Fsp3) is 0.333. The molecule has 2 N–H and O–H groups in total. The lowest BCUT2D eigenvalue weighted by Gasteiger charge is -2.09. The second-order valence-corrected chi connectivity index (χ2v) is 3.78. The molecule has 2 aromatic rings. The van der Waals surface area contributed by atoms with Gasteiger partial charge in [0.15, 0.2) is 5.82 Å². The van der Waals surface area contributed by atoms with Crippen molar-refractivity contribution in [2.24, 2.45) is 5.73 Å². The summed E-state index contributed by atoms with van der Waals surface area (Å²) < 4.78 is 15.7. The highest BCUT2D eigenvalue weighted by molar-refractivity contribution is 5.70. The molecule has 18 heavy (non-hydrogen) atoms. The average Bonchev–Trinajstić information content (AvgIpc) is 2.87. The number of nitrogens with zero attached hydrogens (tertiary/aromatic N) is 2. The van der Waals surface area contributed by atoms with E-state index < -0.39 is 0 Å². The lowest BCUT2D eigenvalue weighted by molar-refractivity contribution is 0.383. The lowest BCUT2D eigenvalue weighted by Crippen LogP contribution is -2.06. The van der Waals surface area contributed by atoms with E-state index in [1.165, 1.54) is 0 Å². The number of aromatic nitrogens is 2. The van der Waals surface area contributed by atoms with Gasteiger partial charge in [-0.1, -0.05) is 11.2 Å². The molecular formula is C12H15N3O3. The molecule has 1 unspecified atom stereocenters. The van der Waals surface area contributed by atoms with Crippen molar-refractivity contribution in [1.29, 1.82) is 0 Å². The molecule has 0 amide bonds. The predicted octanol–water partition coefficient (Wildman–Crippen LogP) is 1.77. The topological polar surface area (TPSA) is 83.4 Å². The minimum absolute atomic E-state index is 0.289. The second-order valence-electron chi connectivity index (χ2n) is 3.78. The van der Waals surface area contributed by atoms with Crippen molar-refractivity contribution in [3.05, 3.63) is 24.0 Å². The Morgan fingerprint density at radius 3 is 2.28 bits per heavy atom. The Hall–Kier alpha value is -2.08. The number of nitrogens with two attached hydrogens (primary N) is 1. The summed E-state index contributed by atoms with van der Waals surface area (Å²) >= 11 is 0. The van der Waals surface area contributed by atoms with E-state index in [-0.39, 0.29) is 6.04 Å². The van der Waals surface area contributed by atoms with Crippen molar-refractivity contribution in [2.75, 3.05) is 14.2 Å². The molecule has 1 aromatic carbocycles. The van der Waals surface area contributed by atoms with Crippen LogP contribution in [0.15, 0.2) is 22.7 Å². The zero-order chi connectivity index (χ0) is 13.1. The maximum absolute atomic E-state index is 5.70. The molecule has 1 heterocycles. The molecular weight excluding hydrogens is 234 g/mol. The number of methoxy groups -OCH3 is 2. The Kier molecular flexibility index (Phi) is 3.47. The van der Waals surface area contributed by atoms with Gasteiger partial charge in [0.2, 0.25) is 0 Å². The summed E-state index contributed by atoms with van der Waals surface area (Å²) in [6, 6.07) is 5.13. The van der Waals surface area contributed by atoms with Crippen LogP contribution in [0.25, 0.3) is 11.5 Å². The molecule has 2 rings (SSSR count). The fourth-order valence-corrected chi connectivity index (χ4v) is 1.58. The van der Waals surface area contributed by atoms with E-state index in [2.05, 4.69) is 10.1 Å². The van der Waals surface area contributed by atoms with Crippen LogP contribution < -0.4 is 15.2 Å². The number of benzene rings is 1. The Bertz CT molecular complexity index is 515. The Labute approximate surface area is 105 Å². The van der Waals surface area contributed by atoms with Crippen LogP contribution in [0.3, 0.4) is 0 Å². The standard InChI is InChI=1S/C12H15N3O3/c1-7(13)11-14-12(18-15-11)10-8(16-2)5-4-6-9(10)17-3/h4-7H,13H2,1-3H3. The van der Waals surface area contributed by atoms with E-state index in [4.69, 9.17) is 19.7 Å². The molecule has 0 bridgehead atoms. The van der Waals surface area contributed by atoms with Crippen molar-refractivity contribution in [3.63, 3.8) is 0 Å². The molecule has 1 atom stereocenters. The molecule has 0 aliphatic heterocycles. The van der Waals surface area contributed by atoms with E-state index in [0.717, 1.165) is 0 Å². The predicted molar refractivity (Wildman–Crippen MR) is 65.4 cm³/mol. The third-order valence-electron chi connectivity index (χ3n) is 2.49. The van der Waals surface area contributed by atoms with Crippen molar-refractivity contribution >= 4 is 0 Å². The summed E-state index contributed by atoms with van der Waals surface area (Å²) in [7, 11) is 3.14. The molecule has 0 fully saturated rings. The number of ether oxygens (including phenoxy) is 2. The highest BCUT2D eigenvalue weighted by atomic mass is 16.5. The third-order valence-corrected chi connectivity index (χ3v) is 2.49. The number of hydrogen-bond acceptors (Lipinski definition) is 6. The van der Waals surface area contributed by atoms with Crippen LogP contribution in [-0.2, 0) is 0 Å². The summed E-state index contributed by atoms with van der Waals surface area (Å²) in [6.07, 6.45) is 0. The highest BCUT2D eigenvalue weighted by Gasteiger charge is 2.19. The maximum atomic E-state index is 5.70. The van der Waals surface area contributed by atoms with Crippen LogP contribution in [0, 0.1) is 0 Å². The van der Waals surface area contributed by atoms with Crippen LogP contribution in [-0.4, -0.2) is 24.4 Å². The molecule has 96 valence electrons. The SMILES string of the molecule is COc1cccc(OC)c1-c1nc(C(C)N)no1. The minimum atomic E-state index is -0.289. The molecule has 0 spiro atoms. The summed E-state index contributed by atoms with van der Waals surface area (Å²) in [5.41, 5.74) is 6.33. The first kappa shape index (κ1) is 12.4. The van der Waals surface area contributed by atoms with Gasteiger partial charge in [-0.25, -0.2) is 0 Å². The number of hydrogen-bond donors (Lipinski definition) is 1. The van der Waals surface area contributed by atoms with Crippen LogP contribution in [0.2, 0.25) is 0 Å². The van der Waals surface area contributed by atoms with Gasteiger partial charge in [-0.15, -0.1) is 0 Å². The van der Waals surface area contributed by atoms with Gasteiger partial charge < -0.3 is 19.7 Å². The van der Waals surface area contributed by atoms with Gasteiger partial charge in [0, 0.05) is 0 Å². The Morgan fingerprint density at radius 2 is 1.83 bits per heavy atom. The van der Waals surface area contributed by atoms with Gasteiger partial charge in [-0.05, 0) is 19.1 Å². The first-order valence-corrected chi connectivity index (χ1v) is 5.48. The molecule has 6 heteroatoms.